The molecule has 0 bridgehead atoms. The van der Waals surface area contributed by atoms with Gasteiger partial charge in [0.1, 0.15) is 0 Å². The predicted octanol–water partition coefficient (Wildman–Crippen LogP) is 4.49. The van der Waals surface area contributed by atoms with E-state index in [2.05, 4.69) is 31.9 Å². The van der Waals surface area contributed by atoms with Gasteiger partial charge in [-0.05, 0) is 99.0 Å². The Morgan fingerprint density at radius 1 is 1.07 bits per heavy atom. The summed E-state index contributed by atoms with van der Waals surface area (Å²) in [6.45, 7) is 6.99. The Morgan fingerprint density at radius 2 is 1.83 bits per heavy atom. The van der Waals surface area contributed by atoms with E-state index >= 15 is 0 Å². The van der Waals surface area contributed by atoms with Crippen molar-refractivity contribution in [3.05, 3.63) is 23.0 Å². The average molecular weight is 399 g/mol. The second-order valence-electron chi connectivity index (χ2n) is 11.3. The average Bonchev–Trinajstić information content (AvgIpc) is 3.14. The largest absolute Gasteiger partial charge is 0.393 e. The van der Waals surface area contributed by atoms with Crippen LogP contribution in [-0.4, -0.2) is 32.2 Å². The number of fused-ring (bicyclic) bond motifs is 5. The summed E-state index contributed by atoms with van der Waals surface area (Å²) in [5, 5.41) is 26.0. The van der Waals surface area contributed by atoms with Crippen molar-refractivity contribution in [2.24, 2.45) is 41.5 Å². The first-order chi connectivity index (χ1) is 13.7. The molecule has 5 rings (SSSR count). The van der Waals surface area contributed by atoms with E-state index in [0.29, 0.717) is 17.3 Å². The highest BCUT2D eigenvalue weighted by atomic mass is 16.3. The van der Waals surface area contributed by atoms with Gasteiger partial charge in [0.25, 0.3) is 0 Å². The Kier molecular flexibility index (Phi) is 4.57. The Morgan fingerprint density at radius 3 is 2.55 bits per heavy atom. The fourth-order valence-electron chi connectivity index (χ4n) is 8.09. The molecule has 1 aromatic rings. The molecule has 1 aromatic heterocycles. The van der Waals surface area contributed by atoms with E-state index in [1.807, 2.05) is 17.9 Å². The van der Waals surface area contributed by atoms with Gasteiger partial charge >= 0.3 is 0 Å². The van der Waals surface area contributed by atoms with Crippen molar-refractivity contribution in [3.8, 4) is 0 Å². The van der Waals surface area contributed by atoms with Crippen LogP contribution in [0, 0.1) is 41.4 Å². The van der Waals surface area contributed by atoms with Gasteiger partial charge < -0.3 is 10.2 Å². The predicted molar refractivity (Wildman–Crippen MR) is 115 cm³/mol. The lowest BCUT2D eigenvalue weighted by Gasteiger charge is -2.60. The minimum Gasteiger partial charge on any atom is -0.393 e. The minimum atomic E-state index is -0.327. The lowest BCUT2D eigenvalue weighted by Crippen LogP contribution is -2.54. The van der Waals surface area contributed by atoms with Crippen LogP contribution in [0.4, 0.5) is 0 Å². The number of hydrogen-bond donors (Lipinski definition) is 2. The molecule has 4 aliphatic carbocycles. The molecule has 0 saturated heterocycles. The maximum absolute atomic E-state index is 11.4. The topological polar surface area (TPSA) is 58.3 Å². The van der Waals surface area contributed by atoms with Crippen LogP contribution in [0.3, 0.4) is 0 Å². The number of aliphatic hydroxyl groups is 2. The molecular weight excluding hydrogens is 360 g/mol. The normalized spacial score (nSPS) is 48.3. The van der Waals surface area contributed by atoms with Crippen molar-refractivity contribution >= 4 is 6.08 Å². The summed E-state index contributed by atoms with van der Waals surface area (Å²) in [5.41, 5.74) is 3.94. The highest BCUT2D eigenvalue weighted by Crippen LogP contribution is 2.67. The van der Waals surface area contributed by atoms with Crippen molar-refractivity contribution in [1.82, 2.24) is 9.78 Å². The smallest absolute Gasteiger partial charge is 0.0809 e. The van der Waals surface area contributed by atoms with Crippen LogP contribution in [0.15, 0.2) is 11.8 Å². The molecule has 0 unspecified atom stereocenters. The van der Waals surface area contributed by atoms with Crippen molar-refractivity contribution in [2.75, 3.05) is 0 Å². The van der Waals surface area contributed by atoms with Crippen LogP contribution in [0.1, 0.15) is 76.5 Å². The van der Waals surface area contributed by atoms with Crippen LogP contribution >= 0.6 is 0 Å². The Bertz CT molecular complexity index is 829. The Balaban J connectivity index is 1.45. The number of aliphatic hydroxyl groups excluding tert-OH is 2. The summed E-state index contributed by atoms with van der Waals surface area (Å²) in [5.74, 6) is 2.76. The number of aromatic nitrogens is 2. The van der Waals surface area contributed by atoms with Gasteiger partial charge in [0.15, 0.2) is 0 Å². The maximum atomic E-state index is 11.4. The van der Waals surface area contributed by atoms with Crippen molar-refractivity contribution in [2.45, 2.75) is 84.3 Å². The first-order valence-corrected chi connectivity index (χ1v) is 11.8. The van der Waals surface area contributed by atoms with Crippen LogP contribution in [0.2, 0.25) is 0 Å². The van der Waals surface area contributed by atoms with Gasteiger partial charge in [-0.25, -0.2) is 0 Å². The molecule has 29 heavy (non-hydrogen) atoms. The Hall–Kier alpha value is -1.13. The standard InChI is InChI=1S/C25H38N2O2/c1-15-17(14-26-27(15)4)11-16-12-22-20-6-5-18-13-19(28)7-9-24(18,2)21(20)8-10-25(22,3)23(16)29/h11,14,18-23,28-29H,5-10,12-13H2,1-4H3/b16-11+/t18-,19-,20-,21+,22+,23-,24-,25+/m0/s1. The molecule has 2 N–H and O–H groups in total. The highest BCUT2D eigenvalue weighted by molar-refractivity contribution is 5.57. The van der Waals surface area contributed by atoms with Gasteiger partial charge in [-0.2, -0.15) is 5.10 Å². The lowest BCUT2D eigenvalue weighted by molar-refractivity contribution is -0.133. The van der Waals surface area contributed by atoms with Gasteiger partial charge in [-0.3, -0.25) is 4.68 Å². The van der Waals surface area contributed by atoms with Gasteiger partial charge in [0, 0.05) is 23.7 Å². The second-order valence-corrected chi connectivity index (χ2v) is 11.3. The molecule has 0 radical (unpaired) electrons. The summed E-state index contributed by atoms with van der Waals surface area (Å²) < 4.78 is 1.91. The lowest BCUT2D eigenvalue weighted by atomic mass is 9.45. The van der Waals surface area contributed by atoms with Gasteiger partial charge in [0.2, 0.25) is 0 Å². The molecule has 4 fully saturated rings. The zero-order valence-electron chi connectivity index (χ0n) is 18.6. The summed E-state index contributed by atoms with van der Waals surface area (Å²) in [6, 6.07) is 0. The quantitative estimate of drug-likeness (QED) is 0.733. The van der Waals surface area contributed by atoms with Gasteiger partial charge in [0.05, 0.1) is 18.4 Å². The Labute approximate surface area is 175 Å². The molecule has 160 valence electrons. The molecule has 0 aliphatic heterocycles. The number of hydrogen-bond acceptors (Lipinski definition) is 3. The van der Waals surface area contributed by atoms with E-state index in [1.165, 1.54) is 31.3 Å². The molecule has 0 aromatic carbocycles. The van der Waals surface area contributed by atoms with Crippen LogP contribution < -0.4 is 0 Å². The first kappa shape index (κ1) is 19.8. The molecule has 8 atom stereocenters. The van der Waals surface area contributed by atoms with Crippen molar-refractivity contribution in [3.63, 3.8) is 0 Å². The zero-order valence-corrected chi connectivity index (χ0v) is 18.6. The summed E-state index contributed by atoms with van der Waals surface area (Å²) in [4.78, 5) is 0. The third-order valence-corrected chi connectivity index (χ3v) is 10.1. The van der Waals surface area contributed by atoms with Crippen molar-refractivity contribution < 1.29 is 10.2 Å². The monoisotopic (exact) mass is 398 g/mol. The van der Waals surface area contributed by atoms with E-state index in [4.69, 9.17) is 0 Å². The summed E-state index contributed by atoms with van der Waals surface area (Å²) in [6.07, 6.45) is 12.9. The van der Waals surface area contributed by atoms with E-state index < -0.39 is 0 Å². The number of nitrogens with zero attached hydrogens (tertiary/aromatic N) is 2. The fraction of sp³-hybridized carbons (Fsp3) is 0.800. The third kappa shape index (κ3) is 2.81. The third-order valence-electron chi connectivity index (χ3n) is 10.1. The van der Waals surface area contributed by atoms with Crippen LogP contribution in [0.25, 0.3) is 6.08 Å². The molecule has 1 heterocycles. The molecule has 4 heteroatoms. The molecule has 4 aliphatic rings. The van der Waals surface area contributed by atoms with Crippen LogP contribution in [-0.2, 0) is 7.05 Å². The molecule has 4 nitrogen and oxygen atoms in total. The van der Waals surface area contributed by atoms with E-state index in [1.54, 1.807) is 0 Å². The van der Waals surface area contributed by atoms with Gasteiger partial charge in [-0.1, -0.05) is 13.8 Å². The summed E-state index contributed by atoms with van der Waals surface area (Å²) in [7, 11) is 1.98. The second kappa shape index (κ2) is 6.68. The number of rotatable bonds is 1. The van der Waals surface area contributed by atoms with Gasteiger partial charge in [-0.15, -0.1) is 0 Å². The summed E-state index contributed by atoms with van der Waals surface area (Å²) >= 11 is 0. The van der Waals surface area contributed by atoms with Crippen molar-refractivity contribution in [1.29, 1.82) is 0 Å². The maximum Gasteiger partial charge on any atom is 0.0809 e. The zero-order chi connectivity index (χ0) is 20.6. The van der Waals surface area contributed by atoms with E-state index in [0.717, 1.165) is 48.8 Å². The SMILES string of the molecule is Cc1c(/C=C2\C[C@@H]3[C@H]4CC[C@H]5C[C@@H](O)CC[C@]5(C)[C@@H]4CC[C@@]3(C)[C@H]2O)cnn1C. The first-order valence-electron chi connectivity index (χ1n) is 11.8. The highest BCUT2D eigenvalue weighted by Gasteiger charge is 2.61. The van der Waals surface area contributed by atoms with E-state index in [-0.39, 0.29) is 17.6 Å². The minimum absolute atomic E-state index is 0.0144. The number of aryl methyl sites for hydroxylation is 1. The molecular formula is C25H38N2O2. The molecule has 0 spiro atoms. The fourth-order valence-corrected chi connectivity index (χ4v) is 8.09. The van der Waals surface area contributed by atoms with E-state index in [9.17, 15) is 10.2 Å². The van der Waals surface area contributed by atoms with Crippen LogP contribution in [0.5, 0.6) is 0 Å². The molecule has 4 saturated carbocycles. The molecule has 0 amide bonds.